The number of halogens is 2. The first-order valence-electron chi connectivity index (χ1n) is 5.56. The Morgan fingerprint density at radius 2 is 2.06 bits per heavy atom. The van der Waals surface area contributed by atoms with Gasteiger partial charge in [0.1, 0.15) is 17.3 Å². The zero-order chi connectivity index (χ0) is 13.5. The van der Waals surface area contributed by atoms with Crippen LogP contribution in [0.3, 0.4) is 0 Å². The van der Waals surface area contributed by atoms with Crippen LogP contribution in [0.25, 0.3) is 0 Å². The van der Waals surface area contributed by atoms with Crippen LogP contribution in [0.2, 0.25) is 0 Å². The third-order valence-electron chi connectivity index (χ3n) is 2.18. The SMILES string of the molecule is CCOC(=O)CC(O)CNc1c(F)cccc1F. The Bertz CT molecular complexity index is 392. The van der Waals surface area contributed by atoms with Crippen molar-refractivity contribution in [1.29, 1.82) is 0 Å². The van der Waals surface area contributed by atoms with Gasteiger partial charge in [0.25, 0.3) is 0 Å². The Balaban J connectivity index is 2.47. The minimum Gasteiger partial charge on any atom is -0.466 e. The fourth-order valence-electron chi connectivity index (χ4n) is 1.37. The van der Waals surface area contributed by atoms with Crippen LogP contribution in [0.4, 0.5) is 14.5 Å². The van der Waals surface area contributed by atoms with E-state index in [0.29, 0.717) is 0 Å². The highest BCUT2D eigenvalue weighted by atomic mass is 19.1. The number of ether oxygens (including phenoxy) is 1. The monoisotopic (exact) mass is 259 g/mol. The summed E-state index contributed by atoms with van der Waals surface area (Å²) in [6.45, 7) is 1.73. The zero-order valence-corrected chi connectivity index (χ0v) is 9.95. The standard InChI is InChI=1S/C12H15F2NO3/c1-2-18-11(17)6-8(16)7-15-12-9(13)4-3-5-10(12)14/h3-5,8,15-16H,2,6-7H2,1H3. The molecule has 1 aromatic rings. The van der Waals surface area contributed by atoms with Gasteiger partial charge >= 0.3 is 5.97 Å². The van der Waals surface area contributed by atoms with Crippen LogP contribution in [0.5, 0.6) is 0 Å². The molecule has 0 amide bonds. The van der Waals surface area contributed by atoms with Crippen LogP contribution < -0.4 is 5.32 Å². The lowest BCUT2D eigenvalue weighted by atomic mass is 10.2. The Kier molecular flexibility index (Phi) is 5.51. The lowest BCUT2D eigenvalue weighted by Gasteiger charge is -2.13. The van der Waals surface area contributed by atoms with Crippen LogP contribution in [0.15, 0.2) is 18.2 Å². The molecule has 0 spiro atoms. The quantitative estimate of drug-likeness (QED) is 0.763. The fourth-order valence-corrected chi connectivity index (χ4v) is 1.37. The van der Waals surface area contributed by atoms with Crippen molar-refractivity contribution in [3.05, 3.63) is 29.8 Å². The number of carbonyl (C=O) groups is 1. The van der Waals surface area contributed by atoms with E-state index in [0.717, 1.165) is 12.1 Å². The maximum Gasteiger partial charge on any atom is 0.308 e. The molecule has 4 nitrogen and oxygen atoms in total. The van der Waals surface area contributed by atoms with Crippen molar-refractivity contribution in [2.75, 3.05) is 18.5 Å². The number of para-hydroxylation sites is 1. The Morgan fingerprint density at radius 3 is 2.61 bits per heavy atom. The van der Waals surface area contributed by atoms with E-state index in [-0.39, 0.29) is 25.3 Å². The van der Waals surface area contributed by atoms with Crippen LogP contribution in [-0.4, -0.2) is 30.3 Å². The third-order valence-corrected chi connectivity index (χ3v) is 2.18. The van der Waals surface area contributed by atoms with E-state index in [1.165, 1.54) is 6.07 Å². The molecule has 0 aliphatic rings. The lowest BCUT2D eigenvalue weighted by molar-refractivity contribution is -0.145. The number of esters is 1. The second-order valence-corrected chi connectivity index (χ2v) is 3.64. The molecule has 0 aliphatic heterocycles. The largest absolute Gasteiger partial charge is 0.466 e. The molecule has 6 heteroatoms. The Hall–Kier alpha value is -1.69. The van der Waals surface area contributed by atoms with E-state index in [1.807, 2.05) is 0 Å². The minimum atomic E-state index is -1.07. The van der Waals surface area contributed by atoms with Gasteiger partial charge in [0.2, 0.25) is 0 Å². The average molecular weight is 259 g/mol. The number of nitrogens with one attached hydrogen (secondary N) is 1. The number of rotatable bonds is 6. The lowest BCUT2D eigenvalue weighted by Crippen LogP contribution is -2.24. The molecule has 0 saturated heterocycles. The summed E-state index contributed by atoms with van der Waals surface area (Å²) in [6, 6.07) is 3.44. The second kappa shape index (κ2) is 6.90. The smallest absolute Gasteiger partial charge is 0.308 e. The second-order valence-electron chi connectivity index (χ2n) is 3.64. The molecular formula is C12H15F2NO3. The number of hydrogen-bond acceptors (Lipinski definition) is 4. The number of hydrogen-bond donors (Lipinski definition) is 2. The number of anilines is 1. The number of aliphatic hydroxyl groups is 1. The molecule has 1 atom stereocenters. The topological polar surface area (TPSA) is 58.6 Å². The Morgan fingerprint density at radius 1 is 1.44 bits per heavy atom. The van der Waals surface area contributed by atoms with Gasteiger partial charge in [-0.05, 0) is 19.1 Å². The van der Waals surface area contributed by atoms with Crippen molar-refractivity contribution in [1.82, 2.24) is 0 Å². The molecule has 0 bridgehead atoms. The van der Waals surface area contributed by atoms with Gasteiger partial charge in [-0.3, -0.25) is 4.79 Å². The van der Waals surface area contributed by atoms with E-state index in [4.69, 9.17) is 0 Å². The van der Waals surface area contributed by atoms with Gasteiger partial charge in [-0.2, -0.15) is 0 Å². The molecule has 18 heavy (non-hydrogen) atoms. The predicted octanol–water partition coefficient (Wildman–Crippen LogP) is 1.69. The van der Waals surface area contributed by atoms with Gasteiger partial charge in [-0.1, -0.05) is 6.07 Å². The molecule has 1 unspecified atom stereocenters. The van der Waals surface area contributed by atoms with Crippen molar-refractivity contribution in [2.45, 2.75) is 19.4 Å². The molecule has 100 valence electrons. The Labute approximate surface area is 104 Å². The summed E-state index contributed by atoms with van der Waals surface area (Å²) >= 11 is 0. The molecule has 0 radical (unpaired) electrons. The highest BCUT2D eigenvalue weighted by Gasteiger charge is 2.14. The van der Waals surface area contributed by atoms with Crippen LogP contribution in [0.1, 0.15) is 13.3 Å². The molecule has 1 rings (SSSR count). The van der Waals surface area contributed by atoms with Gasteiger partial charge in [-0.25, -0.2) is 8.78 Å². The van der Waals surface area contributed by atoms with Crippen molar-refractivity contribution >= 4 is 11.7 Å². The van der Waals surface area contributed by atoms with Crippen molar-refractivity contribution in [3.8, 4) is 0 Å². The maximum atomic E-state index is 13.2. The predicted molar refractivity (Wildman–Crippen MR) is 62.1 cm³/mol. The fraction of sp³-hybridized carbons (Fsp3) is 0.417. The summed E-state index contributed by atoms with van der Waals surface area (Å²) < 4.78 is 31.1. The average Bonchev–Trinajstić information content (AvgIpc) is 2.28. The number of carbonyl (C=O) groups excluding carboxylic acids is 1. The highest BCUT2D eigenvalue weighted by Crippen LogP contribution is 2.17. The van der Waals surface area contributed by atoms with Gasteiger partial charge in [0.05, 0.1) is 19.1 Å². The normalized spacial score (nSPS) is 12.0. The van der Waals surface area contributed by atoms with Gasteiger partial charge in [0, 0.05) is 6.54 Å². The summed E-state index contributed by atoms with van der Waals surface area (Å²) in [4.78, 5) is 11.0. The summed E-state index contributed by atoms with van der Waals surface area (Å²) in [7, 11) is 0. The summed E-state index contributed by atoms with van der Waals surface area (Å²) in [5, 5.41) is 11.9. The molecule has 2 N–H and O–H groups in total. The third kappa shape index (κ3) is 4.29. The molecule has 0 aromatic heterocycles. The molecule has 0 saturated carbocycles. The van der Waals surface area contributed by atoms with Crippen molar-refractivity contribution in [3.63, 3.8) is 0 Å². The molecule has 1 aromatic carbocycles. The van der Waals surface area contributed by atoms with E-state index >= 15 is 0 Å². The van der Waals surface area contributed by atoms with Gasteiger partial charge < -0.3 is 15.2 Å². The number of benzene rings is 1. The van der Waals surface area contributed by atoms with Crippen LogP contribution in [0, 0.1) is 11.6 Å². The first-order chi connectivity index (χ1) is 8.54. The van der Waals surface area contributed by atoms with E-state index < -0.39 is 23.7 Å². The van der Waals surface area contributed by atoms with Crippen LogP contribution >= 0.6 is 0 Å². The molecule has 0 aliphatic carbocycles. The first kappa shape index (κ1) is 14.4. The van der Waals surface area contributed by atoms with E-state index in [2.05, 4.69) is 10.1 Å². The minimum absolute atomic E-state index is 0.142. The summed E-state index contributed by atoms with van der Waals surface area (Å²) in [5.41, 5.74) is -0.319. The van der Waals surface area contributed by atoms with Gasteiger partial charge in [0.15, 0.2) is 0 Å². The highest BCUT2D eigenvalue weighted by molar-refractivity contribution is 5.70. The maximum absolute atomic E-state index is 13.2. The van der Waals surface area contributed by atoms with Crippen molar-refractivity contribution in [2.24, 2.45) is 0 Å². The zero-order valence-electron chi connectivity index (χ0n) is 9.95. The molecule has 0 heterocycles. The number of aliphatic hydroxyl groups excluding tert-OH is 1. The molecular weight excluding hydrogens is 244 g/mol. The molecule has 0 fully saturated rings. The van der Waals surface area contributed by atoms with Crippen LogP contribution in [-0.2, 0) is 9.53 Å². The summed E-state index contributed by atoms with van der Waals surface area (Å²) in [6.07, 6.45) is -1.29. The first-order valence-corrected chi connectivity index (χ1v) is 5.56. The summed E-state index contributed by atoms with van der Waals surface area (Å²) in [5.74, 6) is -2.06. The van der Waals surface area contributed by atoms with E-state index in [1.54, 1.807) is 6.92 Å². The van der Waals surface area contributed by atoms with Gasteiger partial charge in [-0.15, -0.1) is 0 Å². The van der Waals surface area contributed by atoms with Crippen molar-refractivity contribution < 1.29 is 23.4 Å². The van der Waals surface area contributed by atoms with E-state index in [9.17, 15) is 18.7 Å².